The molecule has 2 aromatic carbocycles. The summed E-state index contributed by atoms with van der Waals surface area (Å²) in [6.45, 7) is 2.23. The number of hydrogen-bond donors (Lipinski definition) is 1. The maximum Gasteiger partial charge on any atom is 0.307 e. The Morgan fingerprint density at radius 2 is 2.03 bits per heavy atom. The van der Waals surface area contributed by atoms with Crippen LogP contribution in [0, 0.1) is 10.1 Å². The fourth-order valence-corrected chi connectivity index (χ4v) is 4.39. The van der Waals surface area contributed by atoms with Gasteiger partial charge in [0.05, 0.1) is 34.8 Å². The molecule has 0 radical (unpaired) electrons. The van der Waals surface area contributed by atoms with E-state index in [1.54, 1.807) is 18.2 Å². The molecule has 0 bridgehead atoms. The molecule has 2 heterocycles. The number of rotatable bonds is 6. The number of para-hydroxylation sites is 1. The third-order valence-electron chi connectivity index (χ3n) is 4.80. The molecule has 0 amide bonds. The molecule has 1 fully saturated rings. The smallest absolute Gasteiger partial charge is 0.307 e. The molecule has 0 aliphatic carbocycles. The first-order valence-corrected chi connectivity index (χ1v) is 10.2. The molecule has 154 valence electrons. The van der Waals surface area contributed by atoms with Gasteiger partial charge in [0.15, 0.2) is 0 Å². The van der Waals surface area contributed by atoms with E-state index in [-0.39, 0.29) is 12.1 Å². The Balaban J connectivity index is 1.74. The molecule has 8 nitrogen and oxygen atoms in total. The second-order valence-corrected chi connectivity index (χ2v) is 7.86. The molecule has 30 heavy (non-hydrogen) atoms. The Kier molecular flexibility index (Phi) is 5.73. The standard InChI is InChI=1S/C21H19N3O5S/c25-20(26)13-15(21-22-16-3-1-2-4-19(16)30-21)11-14-5-6-17(18(12-14)24(27)28)23-7-9-29-10-8-23/h1-6,11-12H,7-10,13H2,(H,25,26). The number of hydrogen-bond acceptors (Lipinski definition) is 7. The minimum atomic E-state index is -0.986. The number of carboxylic acid groups (broad SMARTS) is 1. The predicted molar refractivity (Wildman–Crippen MR) is 116 cm³/mol. The summed E-state index contributed by atoms with van der Waals surface area (Å²) in [5, 5.41) is 21.7. The van der Waals surface area contributed by atoms with E-state index in [4.69, 9.17) is 4.74 Å². The minimum absolute atomic E-state index is 0.00961. The monoisotopic (exact) mass is 425 g/mol. The van der Waals surface area contributed by atoms with Gasteiger partial charge in [-0.15, -0.1) is 11.3 Å². The second kappa shape index (κ2) is 8.60. The van der Waals surface area contributed by atoms with Gasteiger partial charge in [-0.1, -0.05) is 18.2 Å². The van der Waals surface area contributed by atoms with Crippen LogP contribution in [-0.2, 0) is 9.53 Å². The molecule has 3 aromatic rings. The molecule has 1 saturated heterocycles. The number of nitrogens with zero attached hydrogens (tertiary/aromatic N) is 3. The number of anilines is 1. The molecular weight excluding hydrogens is 406 g/mol. The number of nitro groups is 1. The molecule has 0 spiro atoms. The first kappa shape index (κ1) is 20.0. The van der Waals surface area contributed by atoms with Crippen LogP contribution < -0.4 is 4.90 Å². The lowest BCUT2D eigenvalue weighted by atomic mass is 10.1. The molecule has 1 aliphatic rings. The highest BCUT2D eigenvalue weighted by Gasteiger charge is 2.22. The van der Waals surface area contributed by atoms with Gasteiger partial charge in [-0.25, -0.2) is 4.98 Å². The SMILES string of the molecule is O=C(O)CC(=Cc1ccc(N2CCOCC2)c([N+](=O)[O-])c1)c1nc2ccccc2s1. The van der Waals surface area contributed by atoms with E-state index < -0.39 is 10.9 Å². The molecule has 9 heteroatoms. The van der Waals surface area contributed by atoms with Gasteiger partial charge in [0, 0.05) is 19.2 Å². The van der Waals surface area contributed by atoms with Crippen molar-refractivity contribution in [1.29, 1.82) is 0 Å². The van der Waals surface area contributed by atoms with Crippen molar-refractivity contribution in [3.8, 4) is 0 Å². The highest BCUT2D eigenvalue weighted by Crippen LogP contribution is 2.33. The molecular formula is C21H19N3O5S. The quantitative estimate of drug-likeness (QED) is 0.469. The van der Waals surface area contributed by atoms with E-state index in [1.165, 1.54) is 17.4 Å². The lowest BCUT2D eigenvalue weighted by molar-refractivity contribution is -0.384. The number of carbonyl (C=O) groups is 1. The summed E-state index contributed by atoms with van der Waals surface area (Å²) >= 11 is 1.40. The van der Waals surface area contributed by atoms with Crippen molar-refractivity contribution < 1.29 is 19.6 Å². The average Bonchev–Trinajstić information content (AvgIpc) is 3.18. The maximum absolute atomic E-state index is 11.7. The molecule has 0 unspecified atom stereocenters. The lowest BCUT2D eigenvalue weighted by Gasteiger charge is -2.28. The summed E-state index contributed by atoms with van der Waals surface area (Å²) < 4.78 is 6.28. The number of fused-ring (bicyclic) bond motifs is 1. The first-order chi connectivity index (χ1) is 14.5. The highest BCUT2D eigenvalue weighted by molar-refractivity contribution is 7.19. The number of thiazole rings is 1. The summed E-state index contributed by atoms with van der Waals surface area (Å²) in [7, 11) is 0. The Hall–Kier alpha value is -3.30. The molecule has 1 aromatic heterocycles. The van der Waals surface area contributed by atoms with Crippen molar-refractivity contribution in [2.75, 3.05) is 31.2 Å². The Morgan fingerprint density at radius 3 is 2.73 bits per heavy atom. The van der Waals surface area contributed by atoms with Gasteiger partial charge in [-0.3, -0.25) is 14.9 Å². The van der Waals surface area contributed by atoms with E-state index in [0.717, 1.165) is 10.2 Å². The van der Waals surface area contributed by atoms with Crippen molar-refractivity contribution in [3.63, 3.8) is 0 Å². The minimum Gasteiger partial charge on any atom is -0.481 e. The zero-order valence-corrected chi connectivity index (χ0v) is 16.8. The van der Waals surface area contributed by atoms with Crippen LogP contribution in [0.1, 0.15) is 17.0 Å². The zero-order valence-electron chi connectivity index (χ0n) is 16.0. The van der Waals surface area contributed by atoms with Crippen LogP contribution in [0.2, 0.25) is 0 Å². The van der Waals surface area contributed by atoms with Gasteiger partial charge in [0.1, 0.15) is 10.7 Å². The average molecular weight is 425 g/mol. The van der Waals surface area contributed by atoms with Gasteiger partial charge in [0.2, 0.25) is 0 Å². The van der Waals surface area contributed by atoms with E-state index in [9.17, 15) is 20.0 Å². The van der Waals surface area contributed by atoms with Crippen LogP contribution in [0.5, 0.6) is 0 Å². The normalized spacial score (nSPS) is 14.8. The molecule has 1 N–H and O–H groups in total. The lowest BCUT2D eigenvalue weighted by Crippen LogP contribution is -2.36. The fraction of sp³-hybridized carbons (Fsp3) is 0.238. The van der Waals surface area contributed by atoms with Crippen LogP contribution in [0.3, 0.4) is 0 Å². The fourth-order valence-electron chi connectivity index (χ4n) is 3.41. The number of morpholine rings is 1. The number of benzene rings is 2. The number of aliphatic carboxylic acids is 1. The predicted octanol–water partition coefficient (Wildman–Crippen LogP) is 4.06. The number of nitro benzene ring substituents is 1. The molecule has 4 rings (SSSR count). The largest absolute Gasteiger partial charge is 0.481 e. The van der Waals surface area contributed by atoms with Crippen molar-refractivity contribution in [3.05, 3.63) is 63.1 Å². The topological polar surface area (TPSA) is 106 Å². The summed E-state index contributed by atoms with van der Waals surface area (Å²) in [6, 6.07) is 12.5. The van der Waals surface area contributed by atoms with Crippen molar-refractivity contribution in [2.45, 2.75) is 6.42 Å². The van der Waals surface area contributed by atoms with E-state index in [1.807, 2.05) is 29.2 Å². The van der Waals surface area contributed by atoms with Crippen molar-refractivity contribution >= 4 is 50.5 Å². The zero-order chi connectivity index (χ0) is 21.1. The Bertz CT molecular complexity index is 1100. The van der Waals surface area contributed by atoms with Gasteiger partial charge in [0.25, 0.3) is 5.69 Å². The molecule has 0 saturated carbocycles. The van der Waals surface area contributed by atoms with E-state index in [2.05, 4.69) is 4.98 Å². The van der Waals surface area contributed by atoms with Crippen LogP contribution >= 0.6 is 11.3 Å². The van der Waals surface area contributed by atoms with Gasteiger partial charge in [-0.2, -0.15) is 0 Å². The summed E-state index contributed by atoms with van der Waals surface area (Å²) in [5.74, 6) is -0.986. The van der Waals surface area contributed by atoms with Gasteiger partial charge in [-0.05, 0) is 35.4 Å². The third-order valence-corrected chi connectivity index (χ3v) is 5.91. The first-order valence-electron chi connectivity index (χ1n) is 9.41. The Labute approximate surface area is 176 Å². The van der Waals surface area contributed by atoms with Crippen LogP contribution in [0.15, 0.2) is 42.5 Å². The maximum atomic E-state index is 11.7. The number of ether oxygens (including phenoxy) is 1. The summed E-state index contributed by atoms with van der Waals surface area (Å²) in [6.07, 6.45) is 1.45. The van der Waals surface area contributed by atoms with E-state index in [0.29, 0.717) is 48.1 Å². The highest BCUT2D eigenvalue weighted by atomic mass is 32.1. The van der Waals surface area contributed by atoms with Gasteiger partial charge < -0.3 is 14.7 Å². The number of aromatic nitrogens is 1. The summed E-state index contributed by atoms with van der Waals surface area (Å²) in [4.78, 5) is 29.2. The summed E-state index contributed by atoms with van der Waals surface area (Å²) in [5.41, 5.74) is 2.40. The van der Waals surface area contributed by atoms with Crippen LogP contribution in [-0.4, -0.2) is 47.3 Å². The third kappa shape index (κ3) is 4.32. The van der Waals surface area contributed by atoms with E-state index >= 15 is 0 Å². The van der Waals surface area contributed by atoms with Crippen molar-refractivity contribution in [2.24, 2.45) is 0 Å². The van der Waals surface area contributed by atoms with Crippen molar-refractivity contribution in [1.82, 2.24) is 4.98 Å². The Morgan fingerprint density at radius 1 is 1.27 bits per heavy atom. The van der Waals surface area contributed by atoms with Crippen LogP contribution in [0.4, 0.5) is 11.4 Å². The second-order valence-electron chi connectivity index (χ2n) is 6.83. The van der Waals surface area contributed by atoms with Gasteiger partial charge >= 0.3 is 5.97 Å². The van der Waals surface area contributed by atoms with Crippen LogP contribution in [0.25, 0.3) is 21.9 Å². The number of carboxylic acids is 1. The molecule has 1 aliphatic heterocycles. The molecule has 0 atom stereocenters.